The van der Waals surface area contributed by atoms with Crippen LogP contribution >= 0.6 is 7.82 Å². The minimum absolute atomic E-state index is 0.0817. The normalized spacial score (nSPS) is 14.1. The smallest absolute Gasteiger partial charge is 0.462 e. The number of hydrogen-bond acceptors (Lipinski definition) is 10. The molecule has 3 unspecified atom stereocenters. The average Bonchev–Trinajstić information content (AvgIpc) is 3.41. The molecule has 0 aromatic carbocycles. The third kappa shape index (κ3) is 54.9. The van der Waals surface area contributed by atoms with Crippen LogP contribution in [-0.2, 0) is 42.2 Å². The third-order valence-electron chi connectivity index (χ3n) is 12.1. The van der Waals surface area contributed by atoms with Gasteiger partial charge in [-0.1, -0.05) is 207 Å². The number of esters is 3. The van der Waals surface area contributed by atoms with E-state index in [4.69, 9.17) is 23.3 Å². The van der Waals surface area contributed by atoms with E-state index in [1.807, 2.05) is 12.2 Å². The monoisotopic (exact) mass is 1080 g/mol. The van der Waals surface area contributed by atoms with Crippen LogP contribution in [0.25, 0.3) is 0 Å². The lowest BCUT2D eigenvalue weighted by molar-refractivity contribution is -0.161. The predicted molar refractivity (Wildman–Crippen MR) is 316 cm³/mol. The van der Waals surface area contributed by atoms with Crippen molar-refractivity contribution in [3.05, 3.63) is 109 Å². The van der Waals surface area contributed by atoms with Crippen molar-refractivity contribution in [3.8, 4) is 0 Å². The number of aliphatic hydroxyl groups is 1. The summed E-state index contributed by atoms with van der Waals surface area (Å²) >= 11 is 0. The van der Waals surface area contributed by atoms with Crippen LogP contribution in [-0.4, -0.2) is 66.5 Å². The molecule has 0 bridgehead atoms. The van der Waals surface area contributed by atoms with Gasteiger partial charge >= 0.3 is 25.7 Å². The Kier molecular flexibility index (Phi) is 54.4. The van der Waals surface area contributed by atoms with Gasteiger partial charge in [0.05, 0.1) is 19.8 Å². The molecule has 12 heteroatoms. The Labute approximate surface area is 463 Å². The van der Waals surface area contributed by atoms with Crippen molar-refractivity contribution in [3.63, 3.8) is 0 Å². The van der Waals surface area contributed by atoms with Crippen LogP contribution in [0.4, 0.5) is 0 Å². The number of carbonyl (C=O) groups excluding carboxylic acids is 3. The van der Waals surface area contributed by atoms with Gasteiger partial charge in [0.25, 0.3) is 0 Å². The highest BCUT2D eigenvalue weighted by molar-refractivity contribution is 7.47. The van der Waals surface area contributed by atoms with Crippen molar-refractivity contribution in [1.82, 2.24) is 0 Å². The standard InChI is InChI=1S/C64H107O11P/c1-4-7-10-13-16-19-22-25-28-30-33-35-38-41-44-47-50-53-62(66)71-57-61(75-64(68)55-52-49-46-43-40-37-34-31-29-26-23-20-17-14-11-8-5-2)59-73-76(69,70)72-58-60(56-65)74-63(67)54-51-48-45-42-39-36-32-27-24-21-18-15-12-9-6-3/h8,11,16-21,25-29,32,34,37,43,46,60-61,65H,4-7,9-10,12-15,22-24,30-31,33,35-36,38-42,44-45,47-59H2,1-3H3,(H,69,70)/b11-8-,19-16-,20-17-,21-18-,28-25-,29-26-,32-27-,37-34-,46-43-. The number of phosphoric ester groups is 1. The third-order valence-corrected chi connectivity index (χ3v) is 13.1. The predicted octanol–water partition coefficient (Wildman–Crippen LogP) is 17.8. The molecule has 0 aromatic heterocycles. The second-order valence-corrected chi connectivity index (χ2v) is 20.9. The summed E-state index contributed by atoms with van der Waals surface area (Å²) in [6.45, 7) is 4.39. The van der Waals surface area contributed by atoms with Gasteiger partial charge in [0.2, 0.25) is 0 Å². The first-order chi connectivity index (χ1) is 37.2. The fourth-order valence-corrected chi connectivity index (χ4v) is 8.41. The van der Waals surface area contributed by atoms with Gasteiger partial charge in [-0.3, -0.25) is 23.4 Å². The van der Waals surface area contributed by atoms with Crippen LogP contribution in [0.15, 0.2) is 109 Å². The Morgan fingerprint density at radius 1 is 0.382 bits per heavy atom. The number of rotatable bonds is 54. The van der Waals surface area contributed by atoms with Gasteiger partial charge in [-0.15, -0.1) is 0 Å². The lowest BCUT2D eigenvalue weighted by Crippen LogP contribution is -2.30. The number of hydrogen-bond donors (Lipinski definition) is 2. The van der Waals surface area contributed by atoms with E-state index in [-0.39, 0.29) is 25.9 Å². The zero-order valence-electron chi connectivity index (χ0n) is 47.9. The molecule has 0 aromatic rings. The quantitative estimate of drug-likeness (QED) is 0.0197. The molecule has 0 saturated carbocycles. The van der Waals surface area contributed by atoms with Gasteiger partial charge in [0, 0.05) is 19.3 Å². The molecule has 0 radical (unpaired) electrons. The Bertz CT molecular complexity index is 1690. The first-order valence-corrected chi connectivity index (χ1v) is 31.3. The maximum atomic E-state index is 12.9. The molecule has 0 fully saturated rings. The van der Waals surface area contributed by atoms with Gasteiger partial charge in [0.15, 0.2) is 6.10 Å². The first kappa shape index (κ1) is 72.1. The van der Waals surface area contributed by atoms with Gasteiger partial charge in [-0.05, 0) is 122 Å². The van der Waals surface area contributed by atoms with Crippen LogP contribution in [0.1, 0.15) is 239 Å². The molecule has 2 N–H and O–H groups in total. The molecule has 0 saturated heterocycles. The molecule has 0 aliphatic carbocycles. The SMILES string of the molecule is CC/C=C\C/C=C\C/C=C\C/C=C\C/C=C\CCCC(=O)OC(COC(=O)CCCCCCCCC/C=C\C/C=C\CCCCC)COP(=O)(O)OCC(CO)OC(=O)CCCCCCC/C=C\C/C=C\CCCCC. The molecule has 434 valence electrons. The van der Waals surface area contributed by atoms with E-state index >= 15 is 0 Å². The second-order valence-electron chi connectivity index (χ2n) is 19.4. The lowest BCUT2D eigenvalue weighted by atomic mass is 10.1. The van der Waals surface area contributed by atoms with Crippen LogP contribution < -0.4 is 0 Å². The molecule has 76 heavy (non-hydrogen) atoms. The summed E-state index contributed by atoms with van der Waals surface area (Å²) in [5.74, 6) is -1.57. The largest absolute Gasteiger partial charge is 0.472 e. The number of ether oxygens (including phenoxy) is 3. The van der Waals surface area contributed by atoms with E-state index in [0.717, 1.165) is 116 Å². The van der Waals surface area contributed by atoms with E-state index in [2.05, 4.69) is 118 Å². The van der Waals surface area contributed by atoms with Crippen molar-refractivity contribution < 1.29 is 52.2 Å². The number of unbranched alkanes of at least 4 members (excludes halogenated alkanes) is 19. The van der Waals surface area contributed by atoms with E-state index in [1.165, 1.54) is 57.8 Å². The summed E-state index contributed by atoms with van der Waals surface area (Å²) in [4.78, 5) is 48.6. The fraction of sp³-hybridized carbons (Fsp3) is 0.672. The first-order valence-electron chi connectivity index (χ1n) is 29.8. The maximum absolute atomic E-state index is 12.9. The molecular weight excluding hydrogens is 976 g/mol. The van der Waals surface area contributed by atoms with Crippen LogP contribution in [0.5, 0.6) is 0 Å². The second kappa shape index (κ2) is 57.3. The molecule has 0 heterocycles. The van der Waals surface area contributed by atoms with E-state index in [9.17, 15) is 28.9 Å². The van der Waals surface area contributed by atoms with Crippen LogP contribution in [0.3, 0.4) is 0 Å². The highest BCUT2D eigenvalue weighted by atomic mass is 31.2. The summed E-state index contributed by atoms with van der Waals surface area (Å²) in [6, 6.07) is 0. The Balaban J connectivity index is 4.84. The summed E-state index contributed by atoms with van der Waals surface area (Å²) in [6.07, 6.45) is 69.0. The van der Waals surface area contributed by atoms with Gasteiger partial charge < -0.3 is 24.2 Å². The Hall–Kier alpha value is -3.86. The summed E-state index contributed by atoms with van der Waals surface area (Å²) in [7, 11) is -4.78. The molecule has 0 aliphatic heterocycles. The lowest BCUT2D eigenvalue weighted by Gasteiger charge is -2.21. The van der Waals surface area contributed by atoms with Crippen molar-refractivity contribution in [2.75, 3.05) is 26.4 Å². The highest BCUT2D eigenvalue weighted by Gasteiger charge is 2.28. The molecule has 0 spiro atoms. The molecule has 0 amide bonds. The maximum Gasteiger partial charge on any atom is 0.472 e. The van der Waals surface area contributed by atoms with E-state index in [1.54, 1.807) is 0 Å². The van der Waals surface area contributed by atoms with Gasteiger partial charge in [0.1, 0.15) is 12.7 Å². The Morgan fingerprint density at radius 2 is 0.697 bits per heavy atom. The average molecular weight is 1080 g/mol. The van der Waals surface area contributed by atoms with Gasteiger partial charge in [-0.25, -0.2) is 4.57 Å². The highest BCUT2D eigenvalue weighted by Crippen LogP contribution is 2.43. The Morgan fingerprint density at radius 3 is 1.11 bits per heavy atom. The fourth-order valence-electron chi connectivity index (χ4n) is 7.63. The molecule has 3 atom stereocenters. The molecule has 0 aliphatic rings. The molecular formula is C64H107O11P. The van der Waals surface area contributed by atoms with E-state index < -0.39 is 57.8 Å². The number of phosphoric acid groups is 1. The summed E-state index contributed by atoms with van der Waals surface area (Å²) in [5.41, 5.74) is 0. The van der Waals surface area contributed by atoms with Crippen LogP contribution in [0, 0.1) is 0 Å². The van der Waals surface area contributed by atoms with Crippen molar-refractivity contribution in [1.29, 1.82) is 0 Å². The van der Waals surface area contributed by atoms with Crippen molar-refractivity contribution in [2.24, 2.45) is 0 Å². The zero-order chi connectivity index (χ0) is 55.5. The van der Waals surface area contributed by atoms with Crippen molar-refractivity contribution >= 4 is 25.7 Å². The minimum atomic E-state index is -4.78. The summed E-state index contributed by atoms with van der Waals surface area (Å²) in [5, 5.41) is 9.82. The van der Waals surface area contributed by atoms with E-state index in [0.29, 0.717) is 25.7 Å². The summed E-state index contributed by atoms with van der Waals surface area (Å²) < 4.78 is 39.5. The molecule has 11 nitrogen and oxygen atoms in total. The topological polar surface area (TPSA) is 155 Å². The number of allylic oxidation sites excluding steroid dienone is 18. The minimum Gasteiger partial charge on any atom is -0.462 e. The zero-order valence-corrected chi connectivity index (χ0v) is 48.8. The van der Waals surface area contributed by atoms with Crippen molar-refractivity contribution in [2.45, 2.75) is 251 Å². The van der Waals surface area contributed by atoms with Gasteiger partial charge in [-0.2, -0.15) is 0 Å². The number of carbonyl (C=O) groups is 3. The van der Waals surface area contributed by atoms with Crippen LogP contribution in [0.2, 0.25) is 0 Å². The molecule has 0 rings (SSSR count). The number of aliphatic hydroxyl groups excluding tert-OH is 1.